The molecule has 1 aliphatic carbocycles. The highest BCUT2D eigenvalue weighted by Crippen LogP contribution is 2.52. The number of rotatable bonds is 3. The minimum Gasteiger partial charge on any atom is -0.455 e. The van der Waals surface area contributed by atoms with E-state index in [1.807, 2.05) is 105 Å². The lowest BCUT2D eigenvalue weighted by atomic mass is 9.82. The van der Waals surface area contributed by atoms with Crippen molar-refractivity contribution in [1.29, 1.82) is 0 Å². The third-order valence-corrected chi connectivity index (χ3v) is 9.07. The summed E-state index contributed by atoms with van der Waals surface area (Å²) in [6, 6.07) is 26.7. The average molecular weight is 572 g/mol. The molecule has 0 N–H and O–H groups in total. The van der Waals surface area contributed by atoms with Crippen LogP contribution in [0, 0.1) is 0 Å². The standard InChI is InChI=1S/C43H30O/c1-43(2)36-22-12-10-16-29(36)35-26-28(24-25-37(35)43)40-34-21-11-13-23-38(34)44-42(40)41-32-19-8-6-17-30(32)39(27-14-4-3-5-15-27)31-18-7-9-20-33(31)41/h3-26H,1-2H3/i3D,4D,5D,10D,12D,14D,15D,16D,22D. The van der Waals surface area contributed by atoms with E-state index in [4.69, 9.17) is 16.8 Å². The fourth-order valence-corrected chi connectivity index (χ4v) is 7.10. The van der Waals surface area contributed by atoms with Gasteiger partial charge in [-0.2, -0.15) is 0 Å². The zero-order chi connectivity index (χ0) is 37.2. The topological polar surface area (TPSA) is 13.1 Å². The molecular weight excluding hydrogens is 532 g/mol. The summed E-state index contributed by atoms with van der Waals surface area (Å²) < 4.78 is 84.5. The molecule has 1 aliphatic rings. The maximum atomic E-state index is 8.94. The van der Waals surface area contributed by atoms with Crippen LogP contribution in [0.2, 0.25) is 0 Å². The van der Waals surface area contributed by atoms with Gasteiger partial charge in [0.2, 0.25) is 0 Å². The molecule has 0 amide bonds. The molecule has 0 radical (unpaired) electrons. The third kappa shape index (κ3) is 3.47. The van der Waals surface area contributed by atoms with Crippen molar-refractivity contribution in [1.82, 2.24) is 0 Å². The van der Waals surface area contributed by atoms with Crippen molar-refractivity contribution in [2.45, 2.75) is 19.3 Å². The second kappa shape index (κ2) is 9.30. The number of hydrogen-bond acceptors (Lipinski definition) is 1. The summed E-state index contributed by atoms with van der Waals surface area (Å²) in [6.45, 7) is 3.98. The van der Waals surface area contributed by atoms with Gasteiger partial charge >= 0.3 is 0 Å². The maximum Gasteiger partial charge on any atom is 0.144 e. The van der Waals surface area contributed by atoms with Crippen molar-refractivity contribution in [2.75, 3.05) is 0 Å². The molecule has 0 fully saturated rings. The predicted octanol–water partition coefficient (Wildman–Crippen LogP) is 12.0. The molecule has 44 heavy (non-hydrogen) atoms. The van der Waals surface area contributed by atoms with Gasteiger partial charge in [-0.3, -0.25) is 0 Å². The number of benzene rings is 7. The van der Waals surface area contributed by atoms with Crippen molar-refractivity contribution in [3.05, 3.63) is 157 Å². The van der Waals surface area contributed by atoms with Gasteiger partial charge in [-0.1, -0.05) is 147 Å². The summed E-state index contributed by atoms with van der Waals surface area (Å²) in [4.78, 5) is 0. The first kappa shape index (κ1) is 17.7. The van der Waals surface area contributed by atoms with E-state index >= 15 is 0 Å². The Morgan fingerprint density at radius 3 is 1.80 bits per heavy atom. The minimum absolute atomic E-state index is 0.0321. The van der Waals surface area contributed by atoms with Crippen LogP contribution in [0.4, 0.5) is 0 Å². The Morgan fingerprint density at radius 1 is 0.500 bits per heavy atom. The Bertz CT molecular complexity index is 2840. The summed E-state index contributed by atoms with van der Waals surface area (Å²) in [5.41, 5.74) is 5.80. The lowest BCUT2D eigenvalue weighted by Gasteiger charge is -2.21. The van der Waals surface area contributed by atoms with Crippen molar-refractivity contribution in [2.24, 2.45) is 0 Å². The molecule has 0 saturated heterocycles. The monoisotopic (exact) mass is 571 g/mol. The van der Waals surface area contributed by atoms with Crippen LogP contribution >= 0.6 is 0 Å². The van der Waals surface area contributed by atoms with Crippen LogP contribution < -0.4 is 0 Å². The zero-order valence-corrected chi connectivity index (χ0v) is 24.1. The van der Waals surface area contributed by atoms with Gasteiger partial charge in [-0.05, 0) is 72.6 Å². The third-order valence-electron chi connectivity index (χ3n) is 9.07. The largest absolute Gasteiger partial charge is 0.455 e. The normalized spacial score (nSPS) is 16.3. The molecule has 1 heteroatoms. The summed E-state index contributed by atoms with van der Waals surface area (Å²) >= 11 is 0. The van der Waals surface area contributed by atoms with Crippen LogP contribution in [0.1, 0.15) is 37.3 Å². The second-order valence-corrected chi connectivity index (χ2v) is 11.8. The van der Waals surface area contributed by atoms with E-state index in [0.717, 1.165) is 44.0 Å². The average Bonchev–Trinajstić information content (AvgIpc) is 3.66. The molecule has 0 spiro atoms. The van der Waals surface area contributed by atoms with Crippen LogP contribution in [0.3, 0.4) is 0 Å². The Hall–Kier alpha value is -5.40. The molecule has 208 valence electrons. The van der Waals surface area contributed by atoms with E-state index in [0.29, 0.717) is 38.8 Å². The van der Waals surface area contributed by atoms with Gasteiger partial charge < -0.3 is 4.42 Å². The van der Waals surface area contributed by atoms with E-state index in [1.54, 1.807) is 0 Å². The maximum absolute atomic E-state index is 8.94. The molecule has 0 bridgehead atoms. The van der Waals surface area contributed by atoms with Gasteiger partial charge in [-0.25, -0.2) is 0 Å². The van der Waals surface area contributed by atoms with E-state index < -0.39 is 23.5 Å². The Morgan fingerprint density at radius 2 is 1.09 bits per heavy atom. The minimum atomic E-state index is -0.660. The SMILES string of the molecule is [2H]c1c([2H])c([2H])c(-c2c3ccccc3c(-c3oc4ccccc4c3-c3ccc4c(c3)-c3c([2H])c([2H])c([2H])c([2H])c3C4(C)C)c3ccccc23)c([2H])c1[2H]. The number of furan rings is 1. The van der Waals surface area contributed by atoms with E-state index in [2.05, 4.69) is 0 Å². The number of para-hydroxylation sites is 1. The molecule has 1 aromatic heterocycles. The quantitative estimate of drug-likeness (QED) is 0.192. The van der Waals surface area contributed by atoms with Crippen LogP contribution in [-0.2, 0) is 5.41 Å². The Labute approximate surface area is 269 Å². The highest BCUT2D eigenvalue weighted by atomic mass is 16.3. The molecule has 7 aromatic carbocycles. The molecule has 0 unspecified atom stereocenters. The van der Waals surface area contributed by atoms with Crippen LogP contribution in [0.25, 0.3) is 77.2 Å². The van der Waals surface area contributed by atoms with Gasteiger partial charge in [0.1, 0.15) is 11.3 Å². The van der Waals surface area contributed by atoms with E-state index in [1.165, 1.54) is 0 Å². The first-order chi connectivity index (χ1) is 25.3. The van der Waals surface area contributed by atoms with E-state index in [9.17, 15) is 0 Å². The second-order valence-electron chi connectivity index (χ2n) is 11.8. The fraction of sp³-hybridized carbons (Fsp3) is 0.0698. The molecule has 1 heterocycles. The first-order valence-electron chi connectivity index (χ1n) is 19.1. The Balaban J connectivity index is 1.40. The molecule has 9 rings (SSSR count). The van der Waals surface area contributed by atoms with E-state index in [-0.39, 0.29) is 41.8 Å². The van der Waals surface area contributed by atoms with Gasteiger partial charge in [0.05, 0.1) is 12.3 Å². The zero-order valence-electron chi connectivity index (χ0n) is 33.1. The molecule has 1 nitrogen and oxygen atoms in total. The summed E-state index contributed by atoms with van der Waals surface area (Å²) in [5, 5.41) is 3.81. The number of hydrogen-bond donors (Lipinski definition) is 0. The highest BCUT2D eigenvalue weighted by Gasteiger charge is 2.35. The van der Waals surface area contributed by atoms with Crippen molar-refractivity contribution < 1.29 is 16.8 Å². The number of fused-ring (bicyclic) bond motifs is 6. The molecule has 0 aliphatic heterocycles. The van der Waals surface area contributed by atoms with Gasteiger partial charge in [0.25, 0.3) is 0 Å². The predicted molar refractivity (Wildman–Crippen MR) is 185 cm³/mol. The molecule has 8 aromatic rings. The van der Waals surface area contributed by atoms with Crippen LogP contribution in [0.5, 0.6) is 0 Å². The highest BCUT2D eigenvalue weighted by molar-refractivity contribution is 6.23. The molecule has 0 saturated carbocycles. The lowest BCUT2D eigenvalue weighted by molar-refractivity contribution is 0.634. The first-order valence-corrected chi connectivity index (χ1v) is 14.6. The summed E-state index contributed by atoms with van der Waals surface area (Å²) in [6.07, 6.45) is 0. The van der Waals surface area contributed by atoms with Crippen LogP contribution in [0.15, 0.2) is 150 Å². The summed E-state index contributed by atoms with van der Waals surface area (Å²) in [7, 11) is 0. The van der Waals surface area contributed by atoms with Gasteiger partial charge in [0.15, 0.2) is 0 Å². The molecular formula is C43H30O. The van der Waals surface area contributed by atoms with Gasteiger partial charge in [-0.15, -0.1) is 0 Å². The smallest absolute Gasteiger partial charge is 0.144 e. The van der Waals surface area contributed by atoms with Crippen molar-refractivity contribution >= 4 is 32.5 Å². The lowest BCUT2D eigenvalue weighted by Crippen LogP contribution is -2.14. The van der Waals surface area contributed by atoms with Crippen molar-refractivity contribution in [3.63, 3.8) is 0 Å². The van der Waals surface area contributed by atoms with Gasteiger partial charge in [0, 0.05) is 21.9 Å². The summed E-state index contributed by atoms with van der Waals surface area (Å²) in [5.74, 6) is 0.582. The Kier molecular flexibility index (Phi) is 3.73. The van der Waals surface area contributed by atoms with Crippen LogP contribution in [-0.4, -0.2) is 0 Å². The molecule has 0 atom stereocenters. The van der Waals surface area contributed by atoms with Crippen molar-refractivity contribution in [3.8, 4) is 44.7 Å². The fourth-order valence-electron chi connectivity index (χ4n) is 7.10.